The summed E-state index contributed by atoms with van der Waals surface area (Å²) in [5.74, 6) is -1.22. The summed E-state index contributed by atoms with van der Waals surface area (Å²) < 4.78 is 0.915. The van der Waals surface area contributed by atoms with E-state index in [-0.39, 0.29) is 0 Å². The second-order valence-corrected chi connectivity index (χ2v) is 3.99. The lowest BCUT2D eigenvalue weighted by Gasteiger charge is -2.09. The lowest BCUT2D eigenvalue weighted by atomic mass is 10.0. The largest absolute Gasteiger partial charge is 0.479 e. The first-order valence-electron chi connectivity index (χ1n) is 3.69. The average molecular weight is 292 g/mol. The number of hydrogen-bond donors (Lipinski definition) is 2. The standard InChI is InChI=1S/C9H9IO3/c1-5-2-3-6(10)4-7(5)8(11)9(12)13/h2-4,8,11H,1H3,(H,12,13). The Bertz CT molecular complexity index is 336. The Hall–Kier alpha value is -0.620. The van der Waals surface area contributed by atoms with Gasteiger partial charge in [0.15, 0.2) is 6.10 Å². The Labute approximate surface area is 89.5 Å². The van der Waals surface area contributed by atoms with Gasteiger partial charge in [-0.15, -0.1) is 0 Å². The zero-order chi connectivity index (χ0) is 10.0. The van der Waals surface area contributed by atoms with Crippen LogP contribution in [-0.2, 0) is 4.79 Å². The minimum Gasteiger partial charge on any atom is -0.479 e. The van der Waals surface area contributed by atoms with E-state index in [0.717, 1.165) is 9.13 Å². The molecule has 3 nitrogen and oxygen atoms in total. The van der Waals surface area contributed by atoms with Crippen LogP contribution in [0.1, 0.15) is 17.2 Å². The summed E-state index contributed by atoms with van der Waals surface area (Å²) in [5.41, 5.74) is 1.25. The molecule has 1 rings (SSSR count). The van der Waals surface area contributed by atoms with E-state index in [1.165, 1.54) is 0 Å². The molecule has 0 fully saturated rings. The molecule has 0 radical (unpaired) electrons. The SMILES string of the molecule is Cc1ccc(I)cc1C(O)C(=O)O. The fourth-order valence-electron chi connectivity index (χ4n) is 1.04. The van der Waals surface area contributed by atoms with E-state index >= 15 is 0 Å². The number of benzene rings is 1. The smallest absolute Gasteiger partial charge is 0.337 e. The fourth-order valence-corrected chi connectivity index (χ4v) is 1.55. The number of rotatable bonds is 2. The molecule has 0 saturated heterocycles. The van der Waals surface area contributed by atoms with Crippen molar-refractivity contribution in [3.05, 3.63) is 32.9 Å². The third-order valence-electron chi connectivity index (χ3n) is 1.77. The maximum absolute atomic E-state index is 10.5. The fraction of sp³-hybridized carbons (Fsp3) is 0.222. The molecule has 0 aliphatic carbocycles. The molecule has 0 saturated carbocycles. The summed E-state index contributed by atoms with van der Waals surface area (Å²) in [6.07, 6.45) is -1.42. The van der Waals surface area contributed by atoms with Crippen molar-refractivity contribution in [3.8, 4) is 0 Å². The number of hydrogen-bond acceptors (Lipinski definition) is 2. The number of halogens is 1. The second-order valence-electron chi connectivity index (χ2n) is 2.74. The summed E-state index contributed by atoms with van der Waals surface area (Å²) in [6.45, 7) is 1.78. The number of aliphatic hydroxyl groups excluding tert-OH is 1. The predicted octanol–water partition coefficient (Wildman–Crippen LogP) is 1.72. The highest BCUT2D eigenvalue weighted by Gasteiger charge is 2.17. The Balaban J connectivity index is 3.12. The third-order valence-corrected chi connectivity index (χ3v) is 2.44. The Kier molecular flexibility index (Phi) is 3.27. The van der Waals surface area contributed by atoms with Gasteiger partial charge in [0.2, 0.25) is 0 Å². The number of carboxylic acid groups (broad SMARTS) is 1. The van der Waals surface area contributed by atoms with E-state index in [0.29, 0.717) is 5.56 Å². The lowest BCUT2D eigenvalue weighted by molar-refractivity contribution is -0.147. The van der Waals surface area contributed by atoms with Crippen LogP contribution in [0.5, 0.6) is 0 Å². The van der Waals surface area contributed by atoms with Crippen molar-refractivity contribution in [3.63, 3.8) is 0 Å². The van der Waals surface area contributed by atoms with Gasteiger partial charge in [0.05, 0.1) is 0 Å². The van der Waals surface area contributed by atoms with Crippen LogP contribution < -0.4 is 0 Å². The first-order chi connectivity index (χ1) is 6.02. The van der Waals surface area contributed by atoms with Gasteiger partial charge in [-0.05, 0) is 52.8 Å². The van der Waals surface area contributed by atoms with Crippen LogP contribution in [0.25, 0.3) is 0 Å². The van der Waals surface area contributed by atoms with Crippen molar-refractivity contribution >= 4 is 28.6 Å². The van der Waals surface area contributed by atoms with E-state index in [4.69, 9.17) is 5.11 Å². The molecule has 1 aromatic carbocycles. The summed E-state index contributed by atoms with van der Waals surface area (Å²) in [4.78, 5) is 10.5. The van der Waals surface area contributed by atoms with Crippen LogP contribution in [0.3, 0.4) is 0 Å². The summed E-state index contributed by atoms with van der Waals surface area (Å²) in [6, 6.07) is 5.34. The maximum atomic E-state index is 10.5. The molecule has 0 amide bonds. The van der Waals surface area contributed by atoms with Crippen molar-refractivity contribution in [1.29, 1.82) is 0 Å². The molecule has 0 aromatic heterocycles. The van der Waals surface area contributed by atoms with Gasteiger partial charge in [-0.1, -0.05) is 6.07 Å². The van der Waals surface area contributed by atoms with E-state index in [1.54, 1.807) is 19.1 Å². The van der Waals surface area contributed by atoms with Crippen LogP contribution in [0.2, 0.25) is 0 Å². The van der Waals surface area contributed by atoms with E-state index in [1.807, 2.05) is 6.07 Å². The van der Waals surface area contributed by atoms with Gasteiger partial charge in [0.25, 0.3) is 0 Å². The van der Waals surface area contributed by atoms with E-state index in [9.17, 15) is 9.90 Å². The maximum Gasteiger partial charge on any atom is 0.337 e. The first-order valence-corrected chi connectivity index (χ1v) is 4.77. The molecular formula is C9H9IO3. The molecule has 1 unspecified atom stereocenters. The van der Waals surface area contributed by atoms with E-state index in [2.05, 4.69) is 22.6 Å². The van der Waals surface area contributed by atoms with Gasteiger partial charge >= 0.3 is 5.97 Å². The number of carboxylic acids is 1. The van der Waals surface area contributed by atoms with Crippen LogP contribution >= 0.6 is 22.6 Å². The molecule has 2 N–H and O–H groups in total. The van der Waals surface area contributed by atoms with Crippen molar-refractivity contribution in [2.24, 2.45) is 0 Å². The topological polar surface area (TPSA) is 57.5 Å². The minimum atomic E-state index is -1.42. The highest BCUT2D eigenvalue weighted by atomic mass is 127. The van der Waals surface area contributed by atoms with Gasteiger partial charge in [-0.25, -0.2) is 4.79 Å². The summed E-state index contributed by atoms with van der Waals surface area (Å²) >= 11 is 2.07. The third kappa shape index (κ3) is 2.41. The minimum absolute atomic E-state index is 0.458. The number of carbonyl (C=O) groups is 1. The molecular weight excluding hydrogens is 283 g/mol. The zero-order valence-corrected chi connectivity index (χ0v) is 9.15. The molecule has 4 heteroatoms. The van der Waals surface area contributed by atoms with Crippen molar-refractivity contribution in [2.75, 3.05) is 0 Å². The monoisotopic (exact) mass is 292 g/mol. The number of aryl methyl sites for hydroxylation is 1. The van der Waals surface area contributed by atoms with Gasteiger partial charge in [-0.2, -0.15) is 0 Å². The normalized spacial score (nSPS) is 12.5. The van der Waals surface area contributed by atoms with Crippen LogP contribution in [-0.4, -0.2) is 16.2 Å². The first kappa shape index (κ1) is 10.5. The molecule has 0 heterocycles. The lowest BCUT2D eigenvalue weighted by Crippen LogP contribution is -2.11. The van der Waals surface area contributed by atoms with Crippen molar-refractivity contribution < 1.29 is 15.0 Å². The summed E-state index contributed by atoms with van der Waals surface area (Å²) in [7, 11) is 0. The Morgan fingerprint density at radius 3 is 2.69 bits per heavy atom. The van der Waals surface area contributed by atoms with Crippen LogP contribution in [0, 0.1) is 10.5 Å². The molecule has 0 spiro atoms. The molecule has 1 aromatic rings. The quantitative estimate of drug-likeness (QED) is 0.816. The van der Waals surface area contributed by atoms with Crippen LogP contribution in [0.15, 0.2) is 18.2 Å². The molecule has 70 valence electrons. The molecule has 13 heavy (non-hydrogen) atoms. The van der Waals surface area contributed by atoms with Crippen molar-refractivity contribution in [2.45, 2.75) is 13.0 Å². The molecule has 0 bridgehead atoms. The molecule has 0 aliphatic rings. The number of aliphatic carboxylic acids is 1. The van der Waals surface area contributed by atoms with Gasteiger partial charge in [0, 0.05) is 3.57 Å². The van der Waals surface area contributed by atoms with Gasteiger partial charge < -0.3 is 10.2 Å². The average Bonchev–Trinajstić information content (AvgIpc) is 2.08. The number of aliphatic hydroxyl groups is 1. The van der Waals surface area contributed by atoms with E-state index < -0.39 is 12.1 Å². The van der Waals surface area contributed by atoms with Gasteiger partial charge in [0.1, 0.15) is 0 Å². The predicted molar refractivity (Wildman–Crippen MR) is 56.5 cm³/mol. The highest BCUT2D eigenvalue weighted by Crippen LogP contribution is 2.20. The highest BCUT2D eigenvalue weighted by molar-refractivity contribution is 14.1. The van der Waals surface area contributed by atoms with Crippen molar-refractivity contribution in [1.82, 2.24) is 0 Å². The molecule has 1 atom stereocenters. The van der Waals surface area contributed by atoms with Gasteiger partial charge in [-0.3, -0.25) is 0 Å². The summed E-state index contributed by atoms with van der Waals surface area (Å²) in [5, 5.41) is 17.9. The second kappa shape index (κ2) is 4.06. The molecule has 0 aliphatic heterocycles. The zero-order valence-electron chi connectivity index (χ0n) is 6.99. The Morgan fingerprint density at radius 1 is 1.54 bits per heavy atom. The Morgan fingerprint density at radius 2 is 2.15 bits per heavy atom. The van der Waals surface area contributed by atoms with Crippen LogP contribution in [0.4, 0.5) is 0 Å².